The molecule has 1 heterocycles. The number of nitrogens with zero attached hydrogens (tertiary/aromatic N) is 1. The predicted molar refractivity (Wildman–Crippen MR) is 119 cm³/mol. The second-order valence-electron chi connectivity index (χ2n) is 6.81. The summed E-state index contributed by atoms with van der Waals surface area (Å²) in [6.45, 7) is 1.99. The van der Waals surface area contributed by atoms with Crippen molar-refractivity contribution < 1.29 is 31.3 Å². The zero-order valence-electron chi connectivity index (χ0n) is 17.4. The van der Waals surface area contributed by atoms with Crippen LogP contribution in [0.5, 0.6) is 11.5 Å². The number of carbonyl (C=O) groups is 1. The highest BCUT2D eigenvalue weighted by Crippen LogP contribution is 2.32. The molecule has 7 nitrogen and oxygen atoms in total. The van der Waals surface area contributed by atoms with E-state index in [0.29, 0.717) is 5.56 Å². The second-order valence-corrected chi connectivity index (χ2v) is 8.35. The van der Waals surface area contributed by atoms with Crippen LogP contribution in [0.1, 0.15) is 18.1 Å². The van der Waals surface area contributed by atoms with Crippen molar-refractivity contribution in [1.29, 1.82) is 0 Å². The first kappa shape index (κ1) is 22.2. The van der Waals surface area contributed by atoms with Gasteiger partial charge in [-0.05, 0) is 55.0 Å². The topological polar surface area (TPSA) is 91.3 Å². The molecule has 4 rings (SSSR count). The van der Waals surface area contributed by atoms with E-state index in [-0.39, 0.29) is 40.2 Å². The molecule has 0 N–H and O–H groups in total. The van der Waals surface area contributed by atoms with Crippen LogP contribution in [-0.4, -0.2) is 26.9 Å². The van der Waals surface area contributed by atoms with Crippen LogP contribution < -0.4 is 8.92 Å². The van der Waals surface area contributed by atoms with Gasteiger partial charge in [-0.15, -0.1) is 0 Å². The Kier molecular flexibility index (Phi) is 6.23. The Labute approximate surface area is 189 Å². The van der Waals surface area contributed by atoms with Crippen LogP contribution in [0.4, 0.5) is 4.39 Å². The van der Waals surface area contributed by atoms with E-state index >= 15 is 0 Å². The van der Waals surface area contributed by atoms with Gasteiger partial charge in [0.15, 0.2) is 17.2 Å². The van der Waals surface area contributed by atoms with E-state index in [0.717, 1.165) is 0 Å². The Morgan fingerprint density at radius 1 is 1.00 bits per heavy atom. The van der Waals surface area contributed by atoms with Gasteiger partial charge in [-0.2, -0.15) is 8.42 Å². The minimum atomic E-state index is -4.07. The number of hydrogen-bond donors (Lipinski definition) is 0. The molecule has 0 spiro atoms. The summed E-state index contributed by atoms with van der Waals surface area (Å²) in [6, 6.07) is 18.0. The summed E-state index contributed by atoms with van der Waals surface area (Å²) in [5.74, 6) is -1.28. The highest BCUT2D eigenvalue weighted by atomic mass is 32.2. The molecule has 3 aromatic carbocycles. The summed E-state index contributed by atoms with van der Waals surface area (Å²) >= 11 is 0. The van der Waals surface area contributed by atoms with Gasteiger partial charge in [0, 0.05) is 0 Å². The van der Waals surface area contributed by atoms with Crippen molar-refractivity contribution in [2.24, 2.45) is 4.99 Å². The van der Waals surface area contributed by atoms with Gasteiger partial charge in [0.2, 0.25) is 5.90 Å². The van der Waals surface area contributed by atoms with Gasteiger partial charge in [0.25, 0.3) is 0 Å². The summed E-state index contributed by atoms with van der Waals surface area (Å²) in [6.07, 6.45) is 1.42. The van der Waals surface area contributed by atoms with Crippen molar-refractivity contribution in [3.63, 3.8) is 0 Å². The van der Waals surface area contributed by atoms with E-state index in [9.17, 15) is 17.6 Å². The Balaban J connectivity index is 1.64. The SMILES string of the molecule is CCOc1cc(/C=C2\N=C(c3ccccc3F)OC2=O)ccc1OS(=O)(=O)c1ccccc1. The number of aliphatic imine (C=N–C) groups is 1. The van der Waals surface area contributed by atoms with Gasteiger partial charge in [0.1, 0.15) is 10.7 Å². The molecule has 3 aromatic rings. The third-order valence-corrected chi connectivity index (χ3v) is 5.78. The van der Waals surface area contributed by atoms with E-state index in [1.54, 1.807) is 31.2 Å². The van der Waals surface area contributed by atoms with Gasteiger partial charge in [-0.25, -0.2) is 14.2 Å². The number of hydrogen-bond acceptors (Lipinski definition) is 7. The van der Waals surface area contributed by atoms with Gasteiger partial charge in [-0.3, -0.25) is 0 Å². The van der Waals surface area contributed by atoms with Crippen molar-refractivity contribution in [3.05, 3.63) is 95.4 Å². The lowest BCUT2D eigenvalue weighted by Crippen LogP contribution is -2.10. The highest BCUT2D eigenvalue weighted by Gasteiger charge is 2.26. The summed E-state index contributed by atoms with van der Waals surface area (Å²) in [5.41, 5.74) is 0.508. The minimum absolute atomic E-state index is 0.00218. The zero-order valence-corrected chi connectivity index (χ0v) is 18.2. The molecule has 0 fully saturated rings. The molecule has 0 bridgehead atoms. The lowest BCUT2D eigenvalue weighted by Gasteiger charge is -2.12. The van der Waals surface area contributed by atoms with E-state index in [1.165, 1.54) is 54.6 Å². The molecule has 9 heteroatoms. The molecule has 1 aliphatic rings. The summed E-state index contributed by atoms with van der Waals surface area (Å²) in [5, 5.41) is 0. The quantitative estimate of drug-likeness (QED) is 0.292. The fraction of sp³-hybridized carbons (Fsp3) is 0.0833. The summed E-state index contributed by atoms with van der Waals surface area (Å²) in [7, 11) is -4.07. The smallest absolute Gasteiger partial charge is 0.363 e. The summed E-state index contributed by atoms with van der Waals surface area (Å²) < 4.78 is 55.0. The molecule has 0 unspecified atom stereocenters. The van der Waals surface area contributed by atoms with Crippen molar-refractivity contribution in [3.8, 4) is 11.5 Å². The summed E-state index contributed by atoms with van der Waals surface area (Å²) in [4.78, 5) is 16.3. The maximum absolute atomic E-state index is 14.0. The molecule has 0 atom stereocenters. The molecule has 0 aromatic heterocycles. The molecule has 0 saturated heterocycles. The lowest BCUT2D eigenvalue weighted by molar-refractivity contribution is -0.129. The molecule has 0 saturated carbocycles. The average molecular weight is 467 g/mol. The standard InChI is InChI=1S/C24H18FNO6S/c1-2-30-22-15-16(12-13-21(22)32-33(28,29)17-8-4-3-5-9-17)14-20-24(27)31-23(26-20)18-10-6-7-11-19(18)25/h3-15H,2H2,1H3/b20-14-. The molecular formula is C24H18FNO6S. The molecular weight excluding hydrogens is 449 g/mol. The van der Waals surface area contributed by atoms with E-state index in [4.69, 9.17) is 13.7 Å². The van der Waals surface area contributed by atoms with E-state index in [1.807, 2.05) is 0 Å². The monoisotopic (exact) mass is 467 g/mol. The number of rotatable bonds is 7. The molecule has 0 amide bonds. The Morgan fingerprint density at radius 2 is 1.73 bits per heavy atom. The van der Waals surface area contributed by atoms with Gasteiger partial charge < -0.3 is 13.7 Å². The van der Waals surface area contributed by atoms with Crippen LogP contribution >= 0.6 is 0 Å². The van der Waals surface area contributed by atoms with Crippen LogP contribution in [0.2, 0.25) is 0 Å². The molecule has 168 valence electrons. The number of benzene rings is 3. The van der Waals surface area contributed by atoms with E-state index in [2.05, 4.69) is 4.99 Å². The third kappa shape index (κ3) is 4.93. The van der Waals surface area contributed by atoms with Crippen molar-refractivity contribution >= 4 is 28.1 Å². The number of halogens is 1. The maximum Gasteiger partial charge on any atom is 0.363 e. The number of ether oxygens (including phenoxy) is 2. The molecule has 0 aliphatic carbocycles. The van der Waals surface area contributed by atoms with Crippen LogP contribution in [-0.2, 0) is 19.6 Å². The van der Waals surface area contributed by atoms with Crippen LogP contribution in [0.15, 0.2) is 88.4 Å². The molecule has 1 aliphatic heterocycles. The molecule has 33 heavy (non-hydrogen) atoms. The first-order valence-corrected chi connectivity index (χ1v) is 11.3. The van der Waals surface area contributed by atoms with Gasteiger partial charge in [0.05, 0.1) is 12.2 Å². The highest BCUT2D eigenvalue weighted by molar-refractivity contribution is 7.87. The fourth-order valence-electron chi connectivity index (χ4n) is 3.02. The Morgan fingerprint density at radius 3 is 2.45 bits per heavy atom. The first-order chi connectivity index (χ1) is 15.9. The fourth-order valence-corrected chi connectivity index (χ4v) is 3.98. The largest absolute Gasteiger partial charge is 0.490 e. The van der Waals surface area contributed by atoms with Crippen molar-refractivity contribution in [2.45, 2.75) is 11.8 Å². The van der Waals surface area contributed by atoms with Gasteiger partial charge >= 0.3 is 16.1 Å². The Bertz CT molecular complexity index is 1370. The second kappa shape index (κ2) is 9.25. The average Bonchev–Trinajstić information content (AvgIpc) is 3.16. The first-order valence-electron chi connectivity index (χ1n) is 9.91. The van der Waals surface area contributed by atoms with Crippen LogP contribution in [0.25, 0.3) is 6.08 Å². The third-order valence-electron chi connectivity index (χ3n) is 4.53. The lowest BCUT2D eigenvalue weighted by atomic mass is 10.1. The van der Waals surface area contributed by atoms with E-state index < -0.39 is 21.9 Å². The zero-order chi connectivity index (χ0) is 23.4. The predicted octanol–water partition coefficient (Wildman–Crippen LogP) is 4.34. The molecule has 0 radical (unpaired) electrons. The van der Waals surface area contributed by atoms with Crippen molar-refractivity contribution in [1.82, 2.24) is 0 Å². The van der Waals surface area contributed by atoms with Crippen molar-refractivity contribution in [2.75, 3.05) is 6.61 Å². The normalized spacial score (nSPS) is 14.7. The van der Waals surface area contributed by atoms with Crippen LogP contribution in [0, 0.1) is 5.82 Å². The number of cyclic esters (lactones) is 1. The van der Waals surface area contributed by atoms with Crippen LogP contribution in [0.3, 0.4) is 0 Å². The number of esters is 1. The Hall–Kier alpha value is -3.98. The van der Waals surface area contributed by atoms with Gasteiger partial charge in [-0.1, -0.05) is 36.4 Å². The maximum atomic E-state index is 14.0. The number of carbonyl (C=O) groups excluding carboxylic acids is 1. The minimum Gasteiger partial charge on any atom is -0.490 e.